The van der Waals surface area contributed by atoms with E-state index < -0.39 is 0 Å². The number of nitrogens with one attached hydrogen (secondary N) is 1. The minimum Gasteiger partial charge on any atom is -0.310 e. The van der Waals surface area contributed by atoms with Crippen molar-refractivity contribution in [2.24, 2.45) is 0 Å². The van der Waals surface area contributed by atoms with Crippen LogP contribution in [0, 0.1) is 0 Å². The lowest BCUT2D eigenvalue weighted by Gasteiger charge is -2.26. The van der Waals surface area contributed by atoms with Crippen LogP contribution in [-0.2, 0) is 0 Å². The zero-order chi connectivity index (χ0) is 14.7. The molecule has 0 bridgehead atoms. The minimum absolute atomic E-state index is 0.388. The van der Waals surface area contributed by atoms with Crippen molar-refractivity contribution in [2.45, 2.75) is 45.1 Å². The van der Waals surface area contributed by atoms with Crippen molar-refractivity contribution in [3.8, 4) is 11.1 Å². The van der Waals surface area contributed by atoms with Crippen LogP contribution in [0.1, 0.15) is 56.2 Å². The fraction of sp³-hybridized carbons (Fsp3) is 0.400. The van der Waals surface area contributed by atoms with E-state index >= 15 is 0 Å². The molecule has 1 unspecified atom stereocenters. The van der Waals surface area contributed by atoms with Crippen LogP contribution in [0.4, 0.5) is 0 Å². The first-order chi connectivity index (χ1) is 10.3. The van der Waals surface area contributed by atoms with Gasteiger partial charge in [0.2, 0.25) is 0 Å². The third-order valence-corrected chi connectivity index (χ3v) is 4.71. The van der Waals surface area contributed by atoms with Gasteiger partial charge >= 0.3 is 0 Å². The molecule has 1 fully saturated rings. The molecule has 1 atom stereocenters. The maximum Gasteiger partial charge on any atom is 0.0297 e. The van der Waals surface area contributed by atoms with Crippen LogP contribution >= 0.6 is 0 Å². The molecule has 21 heavy (non-hydrogen) atoms. The van der Waals surface area contributed by atoms with E-state index in [2.05, 4.69) is 67.7 Å². The number of hydrogen-bond donors (Lipinski definition) is 1. The molecule has 110 valence electrons. The average molecular weight is 279 g/mol. The van der Waals surface area contributed by atoms with Gasteiger partial charge in [-0.1, -0.05) is 61.9 Å². The van der Waals surface area contributed by atoms with Gasteiger partial charge in [0.15, 0.2) is 0 Å². The molecular formula is C20H25N. The monoisotopic (exact) mass is 279 g/mol. The number of hydrogen-bond acceptors (Lipinski definition) is 1. The molecule has 3 rings (SSSR count). The molecule has 0 aromatic heterocycles. The average Bonchev–Trinajstić information content (AvgIpc) is 2.46. The van der Waals surface area contributed by atoms with Crippen molar-refractivity contribution < 1.29 is 0 Å². The second kappa shape index (κ2) is 6.44. The first-order valence-corrected chi connectivity index (χ1v) is 8.22. The van der Waals surface area contributed by atoms with Crippen LogP contribution in [0.15, 0.2) is 48.5 Å². The van der Waals surface area contributed by atoms with Crippen molar-refractivity contribution in [2.75, 3.05) is 6.54 Å². The van der Waals surface area contributed by atoms with Crippen LogP contribution in [0.5, 0.6) is 0 Å². The molecular weight excluding hydrogens is 254 g/mol. The fourth-order valence-corrected chi connectivity index (χ4v) is 3.26. The summed E-state index contributed by atoms with van der Waals surface area (Å²) in [6, 6.07) is 18.3. The van der Waals surface area contributed by atoms with Crippen molar-refractivity contribution in [3.63, 3.8) is 0 Å². The quantitative estimate of drug-likeness (QED) is 0.784. The molecule has 0 aliphatic heterocycles. The Kier molecular flexibility index (Phi) is 4.40. The molecule has 0 saturated heterocycles. The summed E-state index contributed by atoms with van der Waals surface area (Å²) < 4.78 is 0. The Hall–Kier alpha value is -1.60. The third kappa shape index (κ3) is 3.03. The Labute approximate surface area is 128 Å². The van der Waals surface area contributed by atoms with E-state index in [9.17, 15) is 0 Å². The number of benzene rings is 2. The van der Waals surface area contributed by atoms with Gasteiger partial charge in [-0.2, -0.15) is 0 Å². The molecule has 0 heterocycles. The normalized spacial score (nSPS) is 16.5. The zero-order valence-corrected chi connectivity index (χ0v) is 13.1. The Balaban J connectivity index is 1.96. The fourth-order valence-electron chi connectivity index (χ4n) is 3.26. The summed E-state index contributed by atoms with van der Waals surface area (Å²) >= 11 is 0. The SMILES string of the molecule is CCNC(C)c1ccccc1-c1cccc(C2CCC2)c1. The van der Waals surface area contributed by atoms with Crippen molar-refractivity contribution in [3.05, 3.63) is 59.7 Å². The highest BCUT2D eigenvalue weighted by Crippen LogP contribution is 2.38. The van der Waals surface area contributed by atoms with Gasteiger partial charge in [-0.05, 0) is 54.5 Å². The summed E-state index contributed by atoms with van der Waals surface area (Å²) in [5.41, 5.74) is 5.64. The molecule has 1 nitrogen and oxygen atoms in total. The predicted octanol–water partition coefficient (Wildman–Crippen LogP) is 5.29. The predicted molar refractivity (Wildman–Crippen MR) is 90.6 cm³/mol. The standard InChI is InChI=1S/C20H25N/c1-3-21-15(2)19-12-4-5-13-20(19)18-11-7-10-17(14-18)16-8-6-9-16/h4-5,7,10-16,21H,3,6,8-9H2,1-2H3. The van der Waals surface area contributed by atoms with Crippen LogP contribution in [-0.4, -0.2) is 6.54 Å². The number of rotatable bonds is 5. The smallest absolute Gasteiger partial charge is 0.0297 e. The molecule has 1 N–H and O–H groups in total. The van der Waals surface area contributed by atoms with Gasteiger partial charge < -0.3 is 5.32 Å². The van der Waals surface area contributed by atoms with Gasteiger partial charge in [0.25, 0.3) is 0 Å². The van der Waals surface area contributed by atoms with Gasteiger partial charge in [0.05, 0.1) is 0 Å². The van der Waals surface area contributed by atoms with Gasteiger partial charge in [-0.3, -0.25) is 0 Å². The van der Waals surface area contributed by atoms with Crippen LogP contribution in [0.25, 0.3) is 11.1 Å². The maximum absolute atomic E-state index is 3.53. The third-order valence-electron chi connectivity index (χ3n) is 4.71. The lowest BCUT2D eigenvalue weighted by Crippen LogP contribution is -2.18. The van der Waals surface area contributed by atoms with E-state index in [1.165, 1.54) is 41.5 Å². The molecule has 0 amide bonds. The van der Waals surface area contributed by atoms with Gasteiger partial charge in [-0.25, -0.2) is 0 Å². The largest absolute Gasteiger partial charge is 0.310 e. The molecule has 1 aliphatic carbocycles. The topological polar surface area (TPSA) is 12.0 Å². The lowest BCUT2D eigenvalue weighted by atomic mass is 9.79. The Morgan fingerprint density at radius 3 is 2.62 bits per heavy atom. The Morgan fingerprint density at radius 2 is 1.90 bits per heavy atom. The highest BCUT2D eigenvalue weighted by Gasteiger charge is 2.20. The first-order valence-electron chi connectivity index (χ1n) is 8.22. The summed E-state index contributed by atoms with van der Waals surface area (Å²) in [5, 5.41) is 3.53. The van der Waals surface area contributed by atoms with Crippen molar-refractivity contribution in [1.29, 1.82) is 0 Å². The van der Waals surface area contributed by atoms with Crippen molar-refractivity contribution >= 4 is 0 Å². The van der Waals surface area contributed by atoms with Crippen LogP contribution in [0.3, 0.4) is 0 Å². The molecule has 1 aliphatic rings. The maximum atomic E-state index is 3.53. The van der Waals surface area contributed by atoms with Crippen LogP contribution in [0.2, 0.25) is 0 Å². The summed E-state index contributed by atoms with van der Waals surface area (Å²) in [4.78, 5) is 0. The van der Waals surface area contributed by atoms with E-state index in [-0.39, 0.29) is 0 Å². The second-order valence-electron chi connectivity index (χ2n) is 6.12. The van der Waals surface area contributed by atoms with Gasteiger partial charge in [0, 0.05) is 6.04 Å². The molecule has 1 heteroatoms. The highest BCUT2D eigenvalue weighted by molar-refractivity contribution is 5.68. The summed E-state index contributed by atoms with van der Waals surface area (Å²) in [6.07, 6.45) is 4.11. The van der Waals surface area contributed by atoms with Crippen molar-refractivity contribution in [1.82, 2.24) is 5.32 Å². The second-order valence-corrected chi connectivity index (χ2v) is 6.12. The van der Waals surface area contributed by atoms with Gasteiger partial charge in [0.1, 0.15) is 0 Å². The van der Waals surface area contributed by atoms with E-state index in [1.807, 2.05) is 0 Å². The Morgan fingerprint density at radius 1 is 1.10 bits per heavy atom. The molecule has 2 aromatic rings. The van der Waals surface area contributed by atoms with E-state index in [1.54, 1.807) is 0 Å². The Bertz CT molecular complexity index is 598. The van der Waals surface area contributed by atoms with E-state index in [0.717, 1.165) is 12.5 Å². The summed E-state index contributed by atoms with van der Waals surface area (Å²) in [5.74, 6) is 0.795. The van der Waals surface area contributed by atoms with E-state index in [0.29, 0.717) is 6.04 Å². The highest BCUT2D eigenvalue weighted by atomic mass is 14.9. The molecule has 2 aromatic carbocycles. The molecule has 1 saturated carbocycles. The molecule has 0 radical (unpaired) electrons. The van der Waals surface area contributed by atoms with Gasteiger partial charge in [-0.15, -0.1) is 0 Å². The summed E-state index contributed by atoms with van der Waals surface area (Å²) in [6.45, 7) is 5.41. The summed E-state index contributed by atoms with van der Waals surface area (Å²) in [7, 11) is 0. The van der Waals surface area contributed by atoms with Crippen LogP contribution < -0.4 is 5.32 Å². The molecule has 0 spiro atoms. The minimum atomic E-state index is 0.388. The lowest BCUT2D eigenvalue weighted by molar-refractivity contribution is 0.420. The zero-order valence-electron chi connectivity index (χ0n) is 13.1. The van der Waals surface area contributed by atoms with E-state index in [4.69, 9.17) is 0 Å². The first kappa shape index (κ1) is 14.3.